The third-order valence-electron chi connectivity index (χ3n) is 4.29. The number of carbonyl (C=O) groups excluding carboxylic acids is 2. The van der Waals surface area contributed by atoms with Crippen LogP contribution < -0.4 is 10.1 Å². The number of ether oxygens (including phenoxy) is 1. The number of anilines is 1. The van der Waals surface area contributed by atoms with Crippen molar-refractivity contribution < 1.29 is 18.7 Å². The van der Waals surface area contributed by atoms with Crippen LogP contribution in [0.4, 0.5) is 5.69 Å². The van der Waals surface area contributed by atoms with Crippen LogP contribution in [0.3, 0.4) is 0 Å². The van der Waals surface area contributed by atoms with E-state index in [1.54, 1.807) is 50.4 Å². The second-order valence-corrected chi connectivity index (χ2v) is 7.04. The lowest BCUT2D eigenvalue weighted by molar-refractivity contribution is -0.116. The number of amides is 2. The van der Waals surface area contributed by atoms with Gasteiger partial charge >= 0.3 is 0 Å². The molecule has 6 nitrogen and oxygen atoms in total. The molecule has 28 heavy (non-hydrogen) atoms. The molecular formula is C20H18Cl2N2O4. The molecule has 0 aliphatic carbocycles. The molecule has 1 heterocycles. The van der Waals surface area contributed by atoms with E-state index in [0.29, 0.717) is 32.6 Å². The zero-order valence-electron chi connectivity index (χ0n) is 15.5. The Kier molecular flexibility index (Phi) is 5.82. The minimum absolute atomic E-state index is 0.175. The maximum atomic E-state index is 12.8. The molecule has 0 fully saturated rings. The predicted molar refractivity (Wildman–Crippen MR) is 110 cm³/mol. The molecule has 0 radical (unpaired) electrons. The van der Waals surface area contributed by atoms with Gasteiger partial charge in [0.05, 0.1) is 29.4 Å². The fraction of sp³-hybridized carbons (Fsp3) is 0.200. The number of hydrogen-bond acceptors (Lipinski definition) is 4. The molecule has 1 N–H and O–H groups in total. The van der Waals surface area contributed by atoms with Gasteiger partial charge < -0.3 is 19.4 Å². The Labute approximate surface area is 172 Å². The van der Waals surface area contributed by atoms with Crippen LogP contribution in [0, 0.1) is 6.92 Å². The van der Waals surface area contributed by atoms with E-state index in [0.717, 1.165) is 5.39 Å². The Bertz CT molecular complexity index is 1040. The molecule has 3 aromatic rings. The van der Waals surface area contributed by atoms with Gasteiger partial charge in [0.1, 0.15) is 11.3 Å². The lowest BCUT2D eigenvalue weighted by Gasteiger charge is -2.16. The number of aryl methyl sites for hydroxylation is 1. The van der Waals surface area contributed by atoms with Crippen molar-refractivity contribution in [3.63, 3.8) is 0 Å². The predicted octanol–water partition coefficient (Wildman–Crippen LogP) is 4.77. The van der Waals surface area contributed by atoms with Gasteiger partial charge in [0.2, 0.25) is 5.91 Å². The highest BCUT2D eigenvalue weighted by Crippen LogP contribution is 2.31. The second kappa shape index (κ2) is 8.12. The van der Waals surface area contributed by atoms with Crippen molar-refractivity contribution in [1.82, 2.24) is 4.90 Å². The topological polar surface area (TPSA) is 71.8 Å². The smallest absolute Gasteiger partial charge is 0.290 e. The highest BCUT2D eigenvalue weighted by molar-refractivity contribution is 6.39. The van der Waals surface area contributed by atoms with Crippen molar-refractivity contribution in [2.45, 2.75) is 6.92 Å². The van der Waals surface area contributed by atoms with Gasteiger partial charge in [0, 0.05) is 18.0 Å². The van der Waals surface area contributed by atoms with Gasteiger partial charge in [0.15, 0.2) is 5.76 Å². The number of carbonyl (C=O) groups is 2. The fourth-order valence-electron chi connectivity index (χ4n) is 2.79. The summed E-state index contributed by atoms with van der Waals surface area (Å²) in [6.45, 7) is 1.59. The molecular weight excluding hydrogens is 403 g/mol. The van der Waals surface area contributed by atoms with E-state index in [-0.39, 0.29) is 12.3 Å². The number of fused-ring (bicyclic) bond motifs is 1. The Balaban J connectivity index is 1.76. The zero-order chi connectivity index (χ0) is 20.4. The molecule has 0 aliphatic heterocycles. The molecule has 2 amide bonds. The van der Waals surface area contributed by atoms with Gasteiger partial charge in [-0.15, -0.1) is 0 Å². The maximum Gasteiger partial charge on any atom is 0.290 e. The van der Waals surface area contributed by atoms with Crippen molar-refractivity contribution >= 4 is 51.7 Å². The number of rotatable bonds is 5. The van der Waals surface area contributed by atoms with E-state index in [9.17, 15) is 9.59 Å². The Morgan fingerprint density at radius 2 is 1.86 bits per heavy atom. The molecule has 3 rings (SSSR count). The van der Waals surface area contributed by atoms with Crippen molar-refractivity contribution in [1.29, 1.82) is 0 Å². The van der Waals surface area contributed by atoms with Crippen molar-refractivity contribution in [2.75, 3.05) is 26.0 Å². The summed E-state index contributed by atoms with van der Waals surface area (Å²) in [5.41, 5.74) is 1.56. The SMILES string of the molecule is COc1ccc2oc(C(=O)N(C)CC(=O)Nc3c(Cl)cccc3Cl)c(C)c2c1. The van der Waals surface area contributed by atoms with Crippen molar-refractivity contribution in [2.24, 2.45) is 0 Å². The largest absolute Gasteiger partial charge is 0.497 e. The number of benzene rings is 2. The summed E-state index contributed by atoms with van der Waals surface area (Å²) in [5, 5.41) is 4.04. The number of halogens is 2. The standard InChI is InChI=1S/C20H18Cl2N2O4/c1-11-13-9-12(27-3)7-8-16(13)28-19(11)20(26)24(2)10-17(25)23-18-14(21)5-4-6-15(18)22/h4-9H,10H2,1-3H3,(H,23,25). The Morgan fingerprint density at radius 3 is 2.50 bits per heavy atom. The molecule has 0 atom stereocenters. The summed E-state index contributed by atoms with van der Waals surface area (Å²) < 4.78 is 10.9. The first-order chi connectivity index (χ1) is 13.3. The van der Waals surface area contributed by atoms with Gasteiger partial charge in [0.25, 0.3) is 5.91 Å². The van der Waals surface area contributed by atoms with E-state index in [1.807, 2.05) is 0 Å². The van der Waals surface area contributed by atoms with Gasteiger partial charge in [-0.2, -0.15) is 0 Å². The van der Waals surface area contributed by atoms with Crippen LogP contribution in [0.1, 0.15) is 16.1 Å². The second-order valence-electron chi connectivity index (χ2n) is 6.22. The Morgan fingerprint density at radius 1 is 1.18 bits per heavy atom. The highest BCUT2D eigenvalue weighted by atomic mass is 35.5. The van der Waals surface area contributed by atoms with Crippen LogP contribution in [-0.2, 0) is 4.79 Å². The molecule has 0 saturated carbocycles. The first-order valence-corrected chi connectivity index (χ1v) is 9.14. The van der Waals surface area contributed by atoms with Crippen LogP contribution in [0.25, 0.3) is 11.0 Å². The first kappa shape index (κ1) is 20.0. The van der Waals surface area contributed by atoms with Crippen molar-refractivity contribution in [3.8, 4) is 5.75 Å². The minimum Gasteiger partial charge on any atom is -0.497 e. The number of nitrogens with zero attached hydrogens (tertiary/aromatic N) is 1. The summed E-state index contributed by atoms with van der Waals surface area (Å²) in [7, 11) is 3.09. The number of para-hydroxylation sites is 1. The van der Waals surface area contributed by atoms with Crippen LogP contribution in [-0.4, -0.2) is 37.4 Å². The third kappa shape index (κ3) is 3.93. The molecule has 0 bridgehead atoms. The quantitative estimate of drug-likeness (QED) is 0.645. The van der Waals surface area contributed by atoms with Gasteiger partial charge in [-0.3, -0.25) is 9.59 Å². The third-order valence-corrected chi connectivity index (χ3v) is 4.92. The first-order valence-electron chi connectivity index (χ1n) is 8.38. The van der Waals surface area contributed by atoms with Gasteiger partial charge in [-0.1, -0.05) is 29.3 Å². The molecule has 146 valence electrons. The summed E-state index contributed by atoms with van der Waals surface area (Å²) in [6, 6.07) is 10.2. The molecule has 1 aromatic heterocycles. The van der Waals surface area contributed by atoms with E-state index >= 15 is 0 Å². The molecule has 0 unspecified atom stereocenters. The van der Waals surface area contributed by atoms with Gasteiger partial charge in [-0.25, -0.2) is 0 Å². The molecule has 2 aromatic carbocycles. The van der Waals surface area contributed by atoms with Crippen LogP contribution in [0.5, 0.6) is 5.75 Å². The lowest BCUT2D eigenvalue weighted by Crippen LogP contribution is -2.35. The number of hydrogen-bond donors (Lipinski definition) is 1. The summed E-state index contributed by atoms with van der Waals surface area (Å²) in [5.74, 6) is 0.00318. The van der Waals surface area contributed by atoms with E-state index in [4.69, 9.17) is 32.4 Å². The summed E-state index contributed by atoms with van der Waals surface area (Å²) in [6.07, 6.45) is 0. The molecule has 0 spiro atoms. The average molecular weight is 421 g/mol. The maximum absolute atomic E-state index is 12.8. The lowest BCUT2D eigenvalue weighted by atomic mass is 10.1. The van der Waals surface area contributed by atoms with Crippen LogP contribution >= 0.6 is 23.2 Å². The average Bonchev–Trinajstić information content (AvgIpc) is 3.00. The van der Waals surface area contributed by atoms with Crippen molar-refractivity contribution in [3.05, 3.63) is 57.8 Å². The monoisotopic (exact) mass is 420 g/mol. The molecule has 0 aliphatic rings. The fourth-order valence-corrected chi connectivity index (χ4v) is 3.28. The van der Waals surface area contributed by atoms with Crippen LogP contribution in [0.2, 0.25) is 10.0 Å². The molecule has 8 heteroatoms. The van der Waals surface area contributed by atoms with E-state index < -0.39 is 11.8 Å². The highest BCUT2D eigenvalue weighted by Gasteiger charge is 2.23. The van der Waals surface area contributed by atoms with E-state index in [1.165, 1.54) is 11.9 Å². The number of furan rings is 1. The van der Waals surface area contributed by atoms with E-state index in [2.05, 4.69) is 5.32 Å². The van der Waals surface area contributed by atoms with Gasteiger partial charge in [-0.05, 0) is 37.3 Å². The van der Waals surface area contributed by atoms with Crippen LogP contribution in [0.15, 0.2) is 40.8 Å². The normalized spacial score (nSPS) is 10.8. The number of nitrogens with one attached hydrogen (secondary N) is 1. The zero-order valence-corrected chi connectivity index (χ0v) is 17.0. The summed E-state index contributed by atoms with van der Waals surface area (Å²) in [4.78, 5) is 26.4. The Hall–Kier alpha value is -2.70. The number of methoxy groups -OCH3 is 1. The minimum atomic E-state index is -0.429. The molecule has 0 saturated heterocycles. The summed E-state index contributed by atoms with van der Waals surface area (Å²) >= 11 is 12.1. The number of likely N-dealkylation sites (N-methyl/N-ethyl adjacent to an activating group) is 1.